The zero-order valence-corrected chi connectivity index (χ0v) is 13.1. The Bertz CT molecular complexity index is 1040. The molecule has 0 unspecified atom stereocenters. The zero-order valence-electron chi connectivity index (χ0n) is 11.5. The van der Waals surface area contributed by atoms with E-state index < -0.39 is 0 Å². The van der Waals surface area contributed by atoms with E-state index in [0.29, 0.717) is 5.69 Å². The molecular formula is C19H10BrNO. The average molecular weight is 348 g/mol. The monoisotopic (exact) mass is 347 g/mol. The van der Waals surface area contributed by atoms with E-state index in [1.54, 1.807) is 0 Å². The van der Waals surface area contributed by atoms with E-state index in [1.807, 2.05) is 48.5 Å². The minimum absolute atomic E-state index is 0.655. The molecule has 2 nitrogen and oxygen atoms in total. The fourth-order valence-corrected chi connectivity index (χ4v) is 3.02. The van der Waals surface area contributed by atoms with Crippen molar-refractivity contribution in [1.82, 2.24) is 0 Å². The van der Waals surface area contributed by atoms with Gasteiger partial charge in [-0.15, -0.1) is 0 Å². The maximum atomic E-state index is 7.02. The topological polar surface area (TPSA) is 17.5 Å². The van der Waals surface area contributed by atoms with Gasteiger partial charge in [0.1, 0.15) is 11.2 Å². The minimum Gasteiger partial charge on any atom is -0.456 e. The lowest BCUT2D eigenvalue weighted by Crippen LogP contribution is -1.77. The Labute approximate surface area is 135 Å². The molecule has 3 aromatic carbocycles. The summed E-state index contributed by atoms with van der Waals surface area (Å²) in [6, 6.07) is 19.9. The van der Waals surface area contributed by atoms with Crippen LogP contribution in [0.1, 0.15) is 0 Å². The predicted molar refractivity (Wildman–Crippen MR) is 93.1 cm³/mol. The first-order valence-electron chi connectivity index (χ1n) is 6.84. The van der Waals surface area contributed by atoms with Crippen LogP contribution in [-0.4, -0.2) is 0 Å². The molecule has 0 fully saturated rings. The lowest BCUT2D eigenvalue weighted by molar-refractivity contribution is 0.669. The highest BCUT2D eigenvalue weighted by atomic mass is 79.9. The van der Waals surface area contributed by atoms with Crippen LogP contribution in [0.3, 0.4) is 0 Å². The van der Waals surface area contributed by atoms with Crippen molar-refractivity contribution in [3.05, 3.63) is 76.6 Å². The van der Waals surface area contributed by atoms with Gasteiger partial charge in [-0.3, -0.25) is 0 Å². The summed E-state index contributed by atoms with van der Waals surface area (Å²) in [6.07, 6.45) is 0. The van der Waals surface area contributed by atoms with Crippen molar-refractivity contribution >= 4 is 43.6 Å². The third kappa shape index (κ3) is 2.09. The molecule has 1 aromatic heterocycles. The number of nitrogens with zero attached hydrogens (tertiary/aromatic N) is 1. The van der Waals surface area contributed by atoms with Crippen LogP contribution in [0.15, 0.2) is 69.6 Å². The summed E-state index contributed by atoms with van der Waals surface area (Å²) in [5.41, 5.74) is 4.64. The van der Waals surface area contributed by atoms with Gasteiger partial charge in [0.2, 0.25) is 0 Å². The van der Waals surface area contributed by atoms with Crippen molar-refractivity contribution in [2.45, 2.75) is 0 Å². The Morgan fingerprint density at radius 2 is 1.41 bits per heavy atom. The van der Waals surface area contributed by atoms with Gasteiger partial charge in [0, 0.05) is 15.2 Å². The van der Waals surface area contributed by atoms with Crippen molar-refractivity contribution in [2.75, 3.05) is 0 Å². The van der Waals surface area contributed by atoms with Gasteiger partial charge >= 0.3 is 0 Å². The Hall–Kier alpha value is -2.57. The largest absolute Gasteiger partial charge is 0.456 e. The zero-order chi connectivity index (χ0) is 15.1. The van der Waals surface area contributed by atoms with E-state index in [-0.39, 0.29) is 0 Å². The van der Waals surface area contributed by atoms with Crippen LogP contribution in [0.2, 0.25) is 0 Å². The van der Waals surface area contributed by atoms with Crippen LogP contribution < -0.4 is 0 Å². The predicted octanol–water partition coefficient (Wildman–Crippen LogP) is 6.57. The summed E-state index contributed by atoms with van der Waals surface area (Å²) >= 11 is 3.51. The highest BCUT2D eigenvalue weighted by Gasteiger charge is 2.09. The molecule has 0 amide bonds. The summed E-state index contributed by atoms with van der Waals surface area (Å²) in [6.45, 7) is 7.02. The molecule has 4 rings (SSSR count). The lowest BCUT2D eigenvalue weighted by Gasteiger charge is -2.02. The number of halogens is 1. The second-order valence-corrected chi connectivity index (χ2v) is 6.03. The van der Waals surface area contributed by atoms with Crippen LogP contribution in [0, 0.1) is 6.57 Å². The molecule has 4 aromatic rings. The molecule has 0 bridgehead atoms. The normalized spacial score (nSPS) is 10.9. The summed E-state index contributed by atoms with van der Waals surface area (Å²) in [5.74, 6) is 0. The summed E-state index contributed by atoms with van der Waals surface area (Å²) in [7, 11) is 0. The Balaban J connectivity index is 1.93. The van der Waals surface area contributed by atoms with Crippen molar-refractivity contribution in [1.29, 1.82) is 0 Å². The second kappa shape index (κ2) is 5.01. The summed E-state index contributed by atoms with van der Waals surface area (Å²) < 4.78 is 6.91. The molecular weight excluding hydrogens is 338 g/mol. The maximum absolute atomic E-state index is 7.02. The van der Waals surface area contributed by atoms with Crippen molar-refractivity contribution in [3.63, 3.8) is 0 Å². The molecule has 1 heterocycles. The molecule has 0 aliphatic carbocycles. The Morgan fingerprint density at radius 3 is 2.14 bits per heavy atom. The molecule has 3 heteroatoms. The Morgan fingerprint density at radius 1 is 0.773 bits per heavy atom. The van der Waals surface area contributed by atoms with Crippen LogP contribution in [0.4, 0.5) is 5.69 Å². The molecule has 0 aliphatic rings. The number of furan rings is 1. The fourth-order valence-electron chi connectivity index (χ4n) is 2.66. The van der Waals surface area contributed by atoms with Crippen LogP contribution >= 0.6 is 15.9 Å². The highest BCUT2D eigenvalue weighted by Crippen LogP contribution is 2.34. The molecule has 0 saturated heterocycles. The smallest absolute Gasteiger partial charge is 0.187 e. The molecule has 0 radical (unpaired) electrons. The lowest BCUT2D eigenvalue weighted by atomic mass is 10.0. The molecule has 104 valence electrons. The van der Waals surface area contributed by atoms with Gasteiger partial charge < -0.3 is 4.42 Å². The standard InChI is InChI=1S/C19H10BrNO/c1-21-15-6-2-12(3-7-15)13-4-8-18-16(10-13)17-11-14(20)5-9-19(17)22-18/h2-11H. The van der Waals surface area contributed by atoms with Crippen LogP contribution in [-0.2, 0) is 0 Å². The molecule has 0 aliphatic heterocycles. The van der Waals surface area contributed by atoms with E-state index in [9.17, 15) is 0 Å². The van der Waals surface area contributed by atoms with Crippen molar-refractivity contribution in [2.24, 2.45) is 0 Å². The number of hydrogen-bond acceptors (Lipinski definition) is 1. The third-order valence-electron chi connectivity index (χ3n) is 3.76. The molecule has 22 heavy (non-hydrogen) atoms. The van der Waals surface area contributed by atoms with E-state index >= 15 is 0 Å². The minimum atomic E-state index is 0.655. The summed E-state index contributed by atoms with van der Waals surface area (Å²) in [4.78, 5) is 3.43. The number of benzene rings is 3. The summed E-state index contributed by atoms with van der Waals surface area (Å²) in [5, 5.41) is 2.20. The van der Waals surface area contributed by atoms with Crippen molar-refractivity contribution in [3.8, 4) is 11.1 Å². The number of rotatable bonds is 1. The quantitative estimate of drug-likeness (QED) is 0.356. The molecule has 0 atom stereocenters. The van der Waals surface area contributed by atoms with E-state index in [2.05, 4.69) is 32.9 Å². The van der Waals surface area contributed by atoms with E-state index in [0.717, 1.165) is 37.5 Å². The first-order valence-corrected chi connectivity index (χ1v) is 7.63. The fraction of sp³-hybridized carbons (Fsp3) is 0. The molecule has 0 spiro atoms. The van der Waals surface area contributed by atoms with Gasteiger partial charge in [-0.05, 0) is 41.5 Å². The van der Waals surface area contributed by atoms with Crippen LogP contribution in [0.25, 0.3) is 37.9 Å². The van der Waals surface area contributed by atoms with Gasteiger partial charge in [0.05, 0.1) is 6.57 Å². The SMILES string of the molecule is [C-]#[N+]c1ccc(-c2ccc3oc4ccc(Br)cc4c3c2)cc1. The van der Waals surface area contributed by atoms with Gasteiger partial charge in [0.25, 0.3) is 0 Å². The van der Waals surface area contributed by atoms with Gasteiger partial charge in [-0.1, -0.05) is 46.3 Å². The molecule has 0 N–H and O–H groups in total. The second-order valence-electron chi connectivity index (χ2n) is 5.11. The van der Waals surface area contributed by atoms with E-state index in [4.69, 9.17) is 11.0 Å². The maximum Gasteiger partial charge on any atom is 0.187 e. The highest BCUT2D eigenvalue weighted by molar-refractivity contribution is 9.10. The van der Waals surface area contributed by atoms with Gasteiger partial charge in [-0.2, -0.15) is 0 Å². The first kappa shape index (κ1) is 13.1. The number of fused-ring (bicyclic) bond motifs is 3. The Kier molecular flexibility index (Phi) is 2.99. The molecule has 0 saturated carbocycles. The van der Waals surface area contributed by atoms with Gasteiger partial charge in [-0.25, -0.2) is 4.85 Å². The number of hydrogen-bond donors (Lipinski definition) is 0. The van der Waals surface area contributed by atoms with Crippen molar-refractivity contribution < 1.29 is 4.42 Å². The first-order chi connectivity index (χ1) is 10.7. The third-order valence-corrected chi connectivity index (χ3v) is 4.25. The van der Waals surface area contributed by atoms with Gasteiger partial charge in [0.15, 0.2) is 5.69 Å². The van der Waals surface area contributed by atoms with Crippen LogP contribution in [0.5, 0.6) is 0 Å². The van der Waals surface area contributed by atoms with E-state index in [1.165, 1.54) is 0 Å². The average Bonchev–Trinajstić information content (AvgIpc) is 2.92.